The maximum Gasteiger partial charge on any atom is 0.306 e. The van der Waals surface area contributed by atoms with Gasteiger partial charge in [-0.05, 0) is 25.7 Å². The number of Topliss-reactive ketones (excluding diaryl/α,β-unsaturated/α-hetero) is 1. The van der Waals surface area contributed by atoms with Crippen molar-refractivity contribution in [1.82, 2.24) is 0 Å². The molecule has 8 nitrogen and oxygen atoms in total. The number of aliphatic hydroxyl groups excluding tert-OH is 3. The highest BCUT2D eigenvalue weighted by molar-refractivity contribution is 5.84. The van der Waals surface area contributed by atoms with E-state index < -0.39 is 18.3 Å². The molecule has 0 radical (unpaired) electrons. The summed E-state index contributed by atoms with van der Waals surface area (Å²) >= 11 is 0. The lowest BCUT2D eigenvalue weighted by Gasteiger charge is -2.18. The Bertz CT molecular complexity index is 767. The summed E-state index contributed by atoms with van der Waals surface area (Å²) in [5.41, 5.74) is 0. The number of unbranched alkanes of at least 4 members (excludes halogenated alkanes) is 13. The fraction of sp³-hybridized carbons (Fsp3) is 0.857. The molecule has 1 aliphatic rings. The molecule has 3 N–H and O–H groups in total. The second kappa shape index (κ2) is 25.5. The zero-order chi connectivity index (χ0) is 31.7. The van der Waals surface area contributed by atoms with Gasteiger partial charge in [0.05, 0.1) is 18.8 Å². The molecule has 0 unspecified atom stereocenters. The van der Waals surface area contributed by atoms with Gasteiger partial charge in [0.25, 0.3) is 0 Å². The van der Waals surface area contributed by atoms with Gasteiger partial charge >= 0.3 is 11.9 Å². The third-order valence-corrected chi connectivity index (χ3v) is 8.45. The number of ketones is 1. The third-order valence-electron chi connectivity index (χ3n) is 8.45. The number of rotatable bonds is 27. The van der Waals surface area contributed by atoms with Crippen LogP contribution in [-0.2, 0) is 23.9 Å². The fourth-order valence-corrected chi connectivity index (χ4v) is 5.74. The molecule has 8 heteroatoms. The van der Waals surface area contributed by atoms with Gasteiger partial charge in [-0.1, -0.05) is 116 Å². The Morgan fingerprint density at radius 2 is 1.40 bits per heavy atom. The molecule has 250 valence electrons. The SMILES string of the molecule is CCCCCCCCCCCC(=O)O[C@@H](CO)COC(=O)CCCCCC[C@H]1C(=O)C[C@@H](O)[C@@H]1/C=C/[C@@H](O)CCCCC. The van der Waals surface area contributed by atoms with Crippen molar-refractivity contribution in [3.05, 3.63) is 12.2 Å². The number of esters is 2. The summed E-state index contributed by atoms with van der Waals surface area (Å²) in [5, 5.41) is 30.0. The molecular formula is C35H62O8. The van der Waals surface area contributed by atoms with E-state index in [4.69, 9.17) is 9.47 Å². The average Bonchev–Trinajstić information content (AvgIpc) is 3.26. The van der Waals surface area contributed by atoms with Crippen molar-refractivity contribution in [2.45, 2.75) is 167 Å². The lowest BCUT2D eigenvalue weighted by molar-refractivity contribution is -0.161. The van der Waals surface area contributed by atoms with Crippen LogP contribution < -0.4 is 0 Å². The first-order valence-electron chi connectivity index (χ1n) is 17.3. The second-order valence-electron chi connectivity index (χ2n) is 12.4. The zero-order valence-electron chi connectivity index (χ0n) is 27.2. The van der Waals surface area contributed by atoms with Gasteiger partial charge in [0.15, 0.2) is 6.10 Å². The molecule has 5 atom stereocenters. The molecule has 0 heterocycles. The number of ether oxygens (including phenoxy) is 2. The molecule has 0 aliphatic heterocycles. The number of carbonyl (C=O) groups excluding carboxylic acids is 3. The monoisotopic (exact) mass is 610 g/mol. The highest BCUT2D eigenvalue weighted by atomic mass is 16.6. The van der Waals surface area contributed by atoms with E-state index in [1.54, 1.807) is 6.08 Å². The van der Waals surface area contributed by atoms with E-state index in [9.17, 15) is 29.7 Å². The first-order chi connectivity index (χ1) is 20.8. The highest BCUT2D eigenvalue weighted by Crippen LogP contribution is 2.34. The predicted octanol–water partition coefficient (Wildman–Crippen LogP) is 6.76. The zero-order valence-corrected chi connectivity index (χ0v) is 27.2. The van der Waals surface area contributed by atoms with Gasteiger partial charge in [-0.3, -0.25) is 14.4 Å². The summed E-state index contributed by atoms with van der Waals surface area (Å²) in [6, 6.07) is 0. The van der Waals surface area contributed by atoms with Crippen LogP contribution in [-0.4, -0.2) is 64.6 Å². The van der Waals surface area contributed by atoms with Crippen LogP contribution in [0.1, 0.15) is 149 Å². The van der Waals surface area contributed by atoms with Crippen LogP contribution in [0.2, 0.25) is 0 Å². The van der Waals surface area contributed by atoms with Crippen LogP contribution in [0.15, 0.2) is 12.2 Å². The van der Waals surface area contributed by atoms with Crippen molar-refractivity contribution in [2.75, 3.05) is 13.2 Å². The Morgan fingerprint density at radius 3 is 2.02 bits per heavy atom. The molecule has 43 heavy (non-hydrogen) atoms. The summed E-state index contributed by atoms with van der Waals surface area (Å²) in [4.78, 5) is 36.7. The second-order valence-corrected chi connectivity index (χ2v) is 12.4. The number of hydrogen-bond donors (Lipinski definition) is 3. The maximum absolute atomic E-state index is 12.4. The largest absolute Gasteiger partial charge is 0.462 e. The van der Waals surface area contributed by atoms with Gasteiger partial charge in [0, 0.05) is 31.1 Å². The van der Waals surface area contributed by atoms with E-state index in [0.29, 0.717) is 25.7 Å². The van der Waals surface area contributed by atoms with Crippen LogP contribution in [0.4, 0.5) is 0 Å². The molecule has 1 fully saturated rings. The topological polar surface area (TPSA) is 130 Å². The number of aliphatic hydroxyl groups is 3. The van der Waals surface area contributed by atoms with Crippen LogP contribution in [0, 0.1) is 11.8 Å². The van der Waals surface area contributed by atoms with Crippen molar-refractivity contribution >= 4 is 17.7 Å². The maximum atomic E-state index is 12.4. The predicted molar refractivity (Wildman–Crippen MR) is 169 cm³/mol. The van der Waals surface area contributed by atoms with Gasteiger partial charge < -0.3 is 24.8 Å². The van der Waals surface area contributed by atoms with Crippen LogP contribution in [0.5, 0.6) is 0 Å². The lowest BCUT2D eigenvalue weighted by atomic mass is 9.88. The molecule has 0 aromatic heterocycles. The minimum absolute atomic E-state index is 0.0819. The summed E-state index contributed by atoms with van der Waals surface area (Å²) in [5.74, 6) is -1.14. The minimum Gasteiger partial charge on any atom is -0.462 e. The van der Waals surface area contributed by atoms with Gasteiger partial charge in [-0.2, -0.15) is 0 Å². The average molecular weight is 611 g/mol. The Labute approximate surface area is 261 Å². The van der Waals surface area contributed by atoms with Crippen molar-refractivity contribution in [1.29, 1.82) is 0 Å². The Morgan fingerprint density at radius 1 is 0.837 bits per heavy atom. The van der Waals surface area contributed by atoms with E-state index in [1.165, 1.54) is 38.5 Å². The summed E-state index contributed by atoms with van der Waals surface area (Å²) < 4.78 is 10.5. The van der Waals surface area contributed by atoms with Gasteiger partial charge in [-0.25, -0.2) is 0 Å². The molecule has 0 saturated heterocycles. The molecule has 0 aromatic rings. The van der Waals surface area contributed by atoms with E-state index in [0.717, 1.165) is 57.8 Å². The van der Waals surface area contributed by atoms with Crippen molar-refractivity contribution in [3.63, 3.8) is 0 Å². The van der Waals surface area contributed by atoms with Gasteiger partial charge in [0.2, 0.25) is 0 Å². The minimum atomic E-state index is -0.839. The molecule has 0 bridgehead atoms. The standard InChI is InChI=1S/C35H62O8/c1-3-5-7-8-9-10-11-12-18-22-35(41)43-29(26-36)27-42-34(40)21-17-14-13-16-20-30-31(33(39)25-32(30)38)24-23-28(37)19-15-6-4-2/h23-24,28-31,33,36-37,39H,3-22,25-27H2,1-2H3/b24-23+/t28-,29-,30+,31+,33+/m0/s1. The molecule has 0 amide bonds. The van der Waals surface area contributed by atoms with Crippen molar-refractivity contribution < 1.29 is 39.2 Å². The van der Waals surface area contributed by atoms with Crippen LogP contribution in [0.3, 0.4) is 0 Å². The Kier molecular flexibility index (Phi) is 23.3. The Hall–Kier alpha value is -1.77. The third kappa shape index (κ3) is 19.3. The van der Waals surface area contributed by atoms with Crippen LogP contribution in [0.25, 0.3) is 0 Å². The summed E-state index contributed by atoms with van der Waals surface area (Å²) in [6.07, 6.45) is 20.3. The number of hydrogen-bond acceptors (Lipinski definition) is 8. The van der Waals surface area contributed by atoms with E-state index in [2.05, 4.69) is 13.8 Å². The van der Waals surface area contributed by atoms with Crippen molar-refractivity contribution in [2.24, 2.45) is 11.8 Å². The number of carbonyl (C=O) groups is 3. The molecule has 0 aromatic carbocycles. The van der Waals surface area contributed by atoms with Gasteiger partial charge in [-0.15, -0.1) is 0 Å². The summed E-state index contributed by atoms with van der Waals surface area (Å²) in [6.45, 7) is 3.80. The van der Waals surface area contributed by atoms with Crippen molar-refractivity contribution in [3.8, 4) is 0 Å². The van der Waals surface area contributed by atoms with Gasteiger partial charge in [0.1, 0.15) is 12.4 Å². The first-order valence-corrected chi connectivity index (χ1v) is 17.3. The van der Waals surface area contributed by atoms with E-state index >= 15 is 0 Å². The fourth-order valence-electron chi connectivity index (χ4n) is 5.74. The van der Waals surface area contributed by atoms with E-state index in [-0.39, 0.29) is 55.6 Å². The molecule has 0 spiro atoms. The van der Waals surface area contributed by atoms with Crippen LogP contribution >= 0.6 is 0 Å². The lowest BCUT2D eigenvalue weighted by Crippen LogP contribution is -2.28. The Balaban J connectivity index is 2.16. The highest BCUT2D eigenvalue weighted by Gasteiger charge is 2.39. The quantitative estimate of drug-likeness (QED) is 0.0528. The molecule has 1 rings (SSSR count). The van der Waals surface area contributed by atoms with E-state index in [1.807, 2.05) is 6.08 Å². The first kappa shape index (κ1) is 39.3. The molecule has 1 saturated carbocycles. The molecule has 1 aliphatic carbocycles. The normalized spacial score (nSPS) is 20.0. The summed E-state index contributed by atoms with van der Waals surface area (Å²) in [7, 11) is 0. The smallest absolute Gasteiger partial charge is 0.306 e. The molecular weight excluding hydrogens is 548 g/mol.